The van der Waals surface area contributed by atoms with Gasteiger partial charge in [0.2, 0.25) is 0 Å². The van der Waals surface area contributed by atoms with E-state index in [0.29, 0.717) is 0 Å². The zero-order valence-electron chi connectivity index (χ0n) is 10.7. The Hall–Kier alpha value is -1.17. The quantitative estimate of drug-likeness (QED) is 0.841. The number of nitrogens with one attached hydrogen (secondary N) is 1. The fourth-order valence-corrected chi connectivity index (χ4v) is 2.60. The number of thiophene rings is 1. The Balaban J connectivity index is 1.76. The van der Waals surface area contributed by atoms with E-state index in [1.807, 2.05) is 37.0 Å². The fraction of sp³-hybridized carbons (Fsp3) is 0.462. The van der Waals surface area contributed by atoms with Crippen molar-refractivity contribution in [1.29, 1.82) is 0 Å². The molecule has 2 rings (SSSR count). The summed E-state index contributed by atoms with van der Waals surface area (Å²) in [7, 11) is 1.91. The molecule has 0 spiro atoms. The van der Waals surface area contributed by atoms with Crippen LogP contribution < -0.4 is 5.32 Å². The third-order valence-electron chi connectivity index (χ3n) is 2.86. The molecule has 4 nitrogen and oxygen atoms in total. The van der Waals surface area contributed by atoms with Crippen molar-refractivity contribution in [2.24, 2.45) is 7.05 Å². The number of nitrogens with zero attached hydrogens (tertiary/aromatic N) is 2. The molecule has 0 aliphatic heterocycles. The highest BCUT2D eigenvalue weighted by Gasteiger charge is 2.13. The van der Waals surface area contributed by atoms with E-state index in [2.05, 4.69) is 17.3 Å². The van der Waals surface area contributed by atoms with Gasteiger partial charge in [0.25, 0.3) is 0 Å². The van der Waals surface area contributed by atoms with Crippen LogP contribution >= 0.6 is 11.3 Å². The predicted octanol–water partition coefficient (Wildman–Crippen LogP) is 2.08. The van der Waals surface area contributed by atoms with E-state index in [1.165, 1.54) is 0 Å². The third-order valence-corrected chi connectivity index (χ3v) is 3.83. The molecule has 0 aliphatic rings. The molecule has 0 saturated carbocycles. The molecule has 0 aromatic carbocycles. The van der Waals surface area contributed by atoms with Crippen LogP contribution in [0.1, 0.15) is 29.9 Å². The molecule has 0 saturated heterocycles. The number of aromatic nitrogens is 2. The highest BCUT2D eigenvalue weighted by molar-refractivity contribution is 7.10. The smallest absolute Gasteiger partial charge is 0.0896 e. The van der Waals surface area contributed by atoms with Gasteiger partial charge >= 0.3 is 0 Å². The van der Waals surface area contributed by atoms with Crippen molar-refractivity contribution >= 4 is 11.3 Å². The zero-order chi connectivity index (χ0) is 13.0. The van der Waals surface area contributed by atoms with Crippen LogP contribution in [0.15, 0.2) is 29.9 Å². The molecule has 0 unspecified atom stereocenters. The summed E-state index contributed by atoms with van der Waals surface area (Å²) in [6.07, 6.45) is 4.20. The topological polar surface area (TPSA) is 50.1 Å². The number of aliphatic hydroxyl groups is 1. The lowest BCUT2D eigenvalue weighted by atomic mass is 10.1. The van der Waals surface area contributed by atoms with E-state index in [9.17, 15) is 5.11 Å². The molecule has 0 bridgehead atoms. The molecular formula is C13H19N3OS. The van der Waals surface area contributed by atoms with Gasteiger partial charge in [-0.3, -0.25) is 4.68 Å². The van der Waals surface area contributed by atoms with Gasteiger partial charge in [0.15, 0.2) is 0 Å². The van der Waals surface area contributed by atoms with Gasteiger partial charge in [-0.15, -0.1) is 11.3 Å². The number of rotatable bonds is 6. The summed E-state index contributed by atoms with van der Waals surface area (Å²) in [5.41, 5.74) is 1.16. The lowest BCUT2D eigenvalue weighted by molar-refractivity contribution is 0.157. The minimum atomic E-state index is -0.374. The van der Waals surface area contributed by atoms with Crippen molar-refractivity contribution in [2.45, 2.75) is 32.0 Å². The van der Waals surface area contributed by atoms with Crippen LogP contribution in [0.5, 0.6) is 0 Å². The standard InChI is InChI=1S/C13H19N3OS/c1-10(6-12(17)13-4-3-5-18-13)14-7-11-8-15-16(2)9-11/h3-5,8-10,12,14,17H,6-7H2,1-2H3/t10-,12+/m0/s1. The third kappa shape index (κ3) is 3.66. The molecule has 0 radical (unpaired) electrons. The zero-order valence-corrected chi connectivity index (χ0v) is 11.5. The molecule has 5 heteroatoms. The average Bonchev–Trinajstić information content (AvgIpc) is 2.97. The van der Waals surface area contributed by atoms with Crippen molar-refractivity contribution in [2.75, 3.05) is 0 Å². The second kappa shape index (κ2) is 6.13. The normalized spacial score (nSPS) is 14.6. The van der Waals surface area contributed by atoms with Gasteiger partial charge in [0.1, 0.15) is 0 Å². The van der Waals surface area contributed by atoms with Gasteiger partial charge in [-0.25, -0.2) is 0 Å². The second-order valence-corrected chi connectivity index (χ2v) is 5.55. The fourth-order valence-electron chi connectivity index (χ4n) is 1.87. The van der Waals surface area contributed by atoms with Crippen LogP contribution in [0.3, 0.4) is 0 Å². The second-order valence-electron chi connectivity index (χ2n) is 4.57. The van der Waals surface area contributed by atoms with E-state index >= 15 is 0 Å². The first kappa shape index (κ1) is 13.3. The van der Waals surface area contributed by atoms with Gasteiger partial charge in [-0.05, 0) is 24.8 Å². The van der Waals surface area contributed by atoms with Crippen LogP contribution in [-0.2, 0) is 13.6 Å². The van der Waals surface area contributed by atoms with Crippen LogP contribution in [0.2, 0.25) is 0 Å². The predicted molar refractivity (Wildman–Crippen MR) is 73.4 cm³/mol. The molecule has 0 aliphatic carbocycles. The van der Waals surface area contributed by atoms with Crippen LogP contribution in [0.4, 0.5) is 0 Å². The maximum Gasteiger partial charge on any atom is 0.0896 e. The van der Waals surface area contributed by atoms with E-state index in [4.69, 9.17) is 0 Å². The summed E-state index contributed by atoms with van der Waals surface area (Å²) in [6.45, 7) is 2.87. The van der Waals surface area contributed by atoms with Crippen molar-refractivity contribution in [3.05, 3.63) is 40.3 Å². The van der Waals surface area contributed by atoms with Gasteiger partial charge in [0, 0.05) is 36.3 Å². The SMILES string of the molecule is C[C@@H](C[C@@H](O)c1cccs1)NCc1cnn(C)c1. The minimum absolute atomic E-state index is 0.266. The average molecular weight is 265 g/mol. The molecule has 2 atom stereocenters. The van der Waals surface area contributed by atoms with Gasteiger partial charge in [0.05, 0.1) is 12.3 Å². The Kier molecular flexibility index (Phi) is 4.52. The van der Waals surface area contributed by atoms with Crippen LogP contribution in [0, 0.1) is 0 Å². The summed E-state index contributed by atoms with van der Waals surface area (Å²) in [5, 5.41) is 19.5. The van der Waals surface area contributed by atoms with E-state index in [0.717, 1.165) is 23.4 Å². The number of aliphatic hydroxyl groups excluding tert-OH is 1. The summed E-state index contributed by atoms with van der Waals surface area (Å²) in [4.78, 5) is 1.03. The first-order valence-corrected chi connectivity index (χ1v) is 6.95. The maximum absolute atomic E-state index is 10.0. The van der Waals surface area contributed by atoms with E-state index in [-0.39, 0.29) is 12.1 Å². The summed E-state index contributed by atoms with van der Waals surface area (Å²) >= 11 is 1.60. The number of hydrogen-bond acceptors (Lipinski definition) is 4. The largest absolute Gasteiger partial charge is 0.388 e. The van der Waals surface area contributed by atoms with Crippen LogP contribution in [-0.4, -0.2) is 20.9 Å². The first-order chi connectivity index (χ1) is 8.65. The van der Waals surface area contributed by atoms with Crippen LogP contribution in [0.25, 0.3) is 0 Å². The van der Waals surface area contributed by atoms with Gasteiger partial charge in [-0.1, -0.05) is 6.07 Å². The van der Waals surface area contributed by atoms with Crippen molar-refractivity contribution in [3.63, 3.8) is 0 Å². The lowest BCUT2D eigenvalue weighted by Gasteiger charge is -2.16. The molecule has 2 heterocycles. The Bertz CT molecular complexity index is 466. The molecule has 2 N–H and O–H groups in total. The summed E-state index contributed by atoms with van der Waals surface area (Å²) < 4.78 is 1.79. The minimum Gasteiger partial charge on any atom is -0.388 e. The van der Waals surface area contributed by atoms with E-state index in [1.54, 1.807) is 16.0 Å². The molecule has 2 aromatic rings. The highest BCUT2D eigenvalue weighted by Crippen LogP contribution is 2.22. The monoisotopic (exact) mass is 265 g/mol. The molecule has 98 valence electrons. The maximum atomic E-state index is 10.0. The van der Waals surface area contributed by atoms with E-state index < -0.39 is 0 Å². The molecule has 2 aromatic heterocycles. The number of aryl methyl sites for hydroxylation is 1. The Morgan fingerprint density at radius 1 is 1.56 bits per heavy atom. The van der Waals surface area contributed by atoms with Crippen molar-refractivity contribution < 1.29 is 5.11 Å². The lowest BCUT2D eigenvalue weighted by Crippen LogP contribution is -2.27. The molecule has 0 amide bonds. The summed E-state index contributed by atoms with van der Waals surface area (Å²) in [6, 6.07) is 4.21. The van der Waals surface area contributed by atoms with Crippen molar-refractivity contribution in [1.82, 2.24) is 15.1 Å². The molecular weight excluding hydrogens is 246 g/mol. The molecule has 18 heavy (non-hydrogen) atoms. The number of hydrogen-bond donors (Lipinski definition) is 2. The Morgan fingerprint density at radius 2 is 2.39 bits per heavy atom. The Labute approximate surface area is 111 Å². The Morgan fingerprint density at radius 3 is 3.00 bits per heavy atom. The highest BCUT2D eigenvalue weighted by atomic mass is 32.1. The van der Waals surface area contributed by atoms with Crippen molar-refractivity contribution in [3.8, 4) is 0 Å². The molecule has 0 fully saturated rings. The van der Waals surface area contributed by atoms with Gasteiger partial charge in [-0.2, -0.15) is 5.10 Å². The first-order valence-electron chi connectivity index (χ1n) is 6.07. The van der Waals surface area contributed by atoms with Gasteiger partial charge < -0.3 is 10.4 Å². The summed E-state index contributed by atoms with van der Waals surface area (Å²) in [5.74, 6) is 0.